The van der Waals surface area contributed by atoms with Gasteiger partial charge in [-0.2, -0.15) is 0 Å². The van der Waals surface area contributed by atoms with Crippen LogP contribution in [0.15, 0.2) is 60.3 Å². The first-order chi connectivity index (χ1) is 13.1. The summed E-state index contributed by atoms with van der Waals surface area (Å²) in [5.74, 6) is -1.40. The second-order valence-electron chi connectivity index (χ2n) is 6.24. The second kappa shape index (κ2) is 9.09. The van der Waals surface area contributed by atoms with Crippen LogP contribution in [-0.2, 0) is 9.53 Å². The number of hydrogen-bond acceptors (Lipinski definition) is 3. The van der Waals surface area contributed by atoms with Crippen molar-refractivity contribution in [1.29, 1.82) is 0 Å². The fourth-order valence-corrected chi connectivity index (χ4v) is 2.80. The average molecular weight is 368 g/mol. The lowest BCUT2D eigenvalue weighted by Gasteiger charge is -2.14. The van der Waals surface area contributed by atoms with Crippen LogP contribution in [0.2, 0.25) is 0 Å². The number of rotatable bonds is 6. The Labute approximate surface area is 157 Å². The number of hydrogen-bond donors (Lipinski definition) is 2. The van der Waals surface area contributed by atoms with Gasteiger partial charge in [0.15, 0.2) is 0 Å². The summed E-state index contributed by atoms with van der Waals surface area (Å²) in [6.45, 7) is 1.03. The highest BCUT2D eigenvalue weighted by Gasteiger charge is 2.19. The van der Waals surface area contributed by atoms with Crippen LogP contribution in [0.5, 0.6) is 0 Å². The molecule has 2 aromatic carbocycles. The highest BCUT2D eigenvalue weighted by Crippen LogP contribution is 2.13. The summed E-state index contributed by atoms with van der Waals surface area (Å²) in [5.41, 5.74) is 0.601. The van der Waals surface area contributed by atoms with Gasteiger partial charge in [-0.1, -0.05) is 36.4 Å². The molecule has 1 aliphatic heterocycles. The Morgan fingerprint density at radius 1 is 1.11 bits per heavy atom. The van der Waals surface area contributed by atoms with Crippen LogP contribution < -0.4 is 10.6 Å². The van der Waals surface area contributed by atoms with E-state index in [-0.39, 0.29) is 17.4 Å². The van der Waals surface area contributed by atoms with Gasteiger partial charge in [-0.3, -0.25) is 9.59 Å². The molecule has 1 aliphatic rings. The molecule has 6 heteroatoms. The number of carbonyl (C=O) groups excluding carboxylic acids is 2. The van der Waals surface area contributed by atoms with E-state index < -0.39 is 17.6 Å². The van der Waals surface area contributed by atoms with Gasteiger partial charge in [0.1, 0.15) is 11.5 Å². The van der Waals surface area contributed by atoms with Crippen LogP contribution >= 0.6 is 0 Å². The van der Waals surface area contributed by atoms with Gasteiger partial charge in [-0.25, -0.2) is 4.39 Å². The number of benzene rings is 2. The first-order valence-corrected chi connectivity index (χ1v) is 8.86. The smallest absolute Gasteiger partial charge is 0.267 e. The summed E-state index contributed by atoms with van der Waals surface area (Å²) in [4.78, 5) is 25.1. The van der Waals surface area contributed by atoms with Crippen molar-refractivity contribution in [1.82, 2.24) is 10.6 Å². The van der Waals surface area contributed by atoms with E-state index in [4.69, 9.17) is 4.74 Å². The van der Waals surface area contributed by atoms with E-state index in [9.17, 15) is 14.0 Å². The fraction of sp³-hybridized carbons (Fsp3) is 0.238. The van der Waals surface area contributed by atoms with E-state index in [0.29, 0.717) is 18.7 Å². The van der Waals surface area contributed by atoms with E-state index in [1.54, 1.807) is 42.5 Å². The summed E-state index contributed by atoms with van der Waals surface area (Å²) < 4.78 is 19.5. The van der Waals surface area contributed by atoms with Gasteiger partial charge in [-0.05, 0) is 37.1 Å². The molecule has 0 aromatic heterocycles. The zero-order valence-electron chi connectivity index (χ0n) is 14.8. The monoisotopic (exact) mass is 368 g/mol. The van der Waals surface area contributed by atoms with Crippen LogP contribution in [-0.4, -0.2) is 31.1 Å². The molecule has 5 nitrogen and oxygen atoms in total. The summed E-state index contributed by atoms with van der Waals surface area (Å²) >= 11 is 0. The highest BCUT2D eigenvalue weighted by atomic mass is 19.1. The van der Waals surface area contributed by atoms with Crippen molar-refractivity contribution >= 4 is 17.9 Å². The molecular formula is C21H21FN2O3. The lowest BCUT2D eigenvalue weighted by atomic mass is 10.1. The van der Waals surface area contributed by atoms with Crippen LogP contribution in [0.1, 0.15) is 28.8 Å². The molecule has 0 aliphatic carbocycles. The first-order valence-electron chi connectivity index (χ1n) is 8.86. The normalized spacial score (nSPS) is 16.8. The van der Waals surface area contributed by atoms with Crippen LogP contribution in [0.3, 0.4) is 0 Å². The predicted molar refractivity (Wildman–Crippen MR) is 100 cm³/mol. The SMILES string of the molecule is O=C(NCC1CCCO1)C(=Cc1ccccc1F)NC(=O)c1ccccc1. The maximum Gasteiger partial charge on any atom is 0.267 e. The molecule has 1 fully saturated rings. The molecule has 2 aromatic rings. The lowest BCUT2D eigenvalue weighted by molar-refractivity contribution is -0.118. The van der Waals surface area contributed by atoms with Gasteiger partial charge in [-0.15, -0.1) is 0 Å². The molecular weight excluding hydrogens is 347 g/mol. The van der Waals surface area contributed by atoms with Gasteiger partial charge in [0.2, 0.25) is 0 Å². The van der Waals surface area contributed by atoms with E-state index in [2.05, 4.69) is 10.6 Å². The van der Waals surface area contributed by atoms with Gasteiger partial charge < -0.3 is 15.4 Å². The molecule has 0 bridgehead atoms. The maximum atomic E-state index is 14.0. The van der Waals surface area contributed by atoms with Crippen molar-refractivity contribution in [2.75, 3.05) is 13.2 Å². The van der Waals surface area contributed by atoms with E-state index >= 15 is 0 Å². The lowest BCUT2D eigenvalue weighted by Crippen LogP contribution is -2.38. The molecule has 0 saturated carbocycles. The topological polar surface area (TPSA) is 67.4 Å². The number of nitrogens with one attached hydrogen (secondary N) is 2. The van der Waals surface area contributed by atoms with E-state index in [0.717, 1.165) is 12.8 Å². The molecule has 140 valence electrons. The minimum Gasteiger partial charge on any atom is -0.376 e. The molecule has 2 N–H and O–H groups in total. The van der Waals surface area contributed by atoms with E-state index in [1.165, 1.54) is 18.2 Å². The van der Waals surface area contributed by atoms with Gasteiger partial charge in [0.05, 0.1) is 6.10 Å². The second-order valence-corrected chi connectivity index (χ2v) is 6.24. The number of halogens is 1. The van der Waals surface area contributed by atoms with E-state index in [1.807, 2.05) is 0 Å². The van der Waals surface area contributed by atoms with Crippen LogP contribution in [0.25, 0.3) is 6.08 Å². The van der Waals surface area contributed by atoms with Crippen molar-refractivity contribution in [2.24, 2.45) is 0 Å². The van der Waals surface area contributed by atoms with Crippen molar-refractivity contribution in [3.05, 3.63) is 77.2 Å². The van der Waals surface area contributed by atoms with Gasteiger partial charge in [0, 0.05) is 24.3 Å². The Balaban J connectivity index is 1.78. The number of ether oxygens (including phenoxy) is 1. The van der Waals surface area contributed by atoms with Crippen LogP contribution in [0.4, 0.5) is 4.39 Å². The zero-order chi connectivity index (χ0) is 19.1. The summed E-state index contributed by atoms with van der Waals surface area (Å²) in [7, 11) is 0. The molecule has 3 rings (SSSR count). The Bertz CT molecular complexity index is 830. The molecule has 0 spiro atoms. The molecule has 0 radical (unpaired) electrons. The van der Waals surface area contributed by atoms with Crippen LogP contribution in [0, 0.1) is 5.82 Å². The highest BCUT2D eigenvalue weighted by molar-refractivity contribution is 6.05. The average Bonchev–Trinajstić information content (AvgIpc) is 3.21. The summed E-state index contributed by atoms with van der Waals surface area (Å²) in [6, 6.07) is 14.6. The predicted octanol–water partition coefficient (Wildman–Crippen LogP) is 2.89. The molecule has 1 saturated heterocycles. The first kappa shape index (κ1) is 18.8. The molecule has 1 atom stereocenters. The Hall–Kier alpha value is -2.99. The van der Waals surface area contributed by atoms with Crippen molar-refractivity contribution in [3.63, 3.8) is 0 Å². The summed E-state index contributed by atoms with van der Waals surface area (Å²) in [6.07, 6.45) is 3.14. The molecule has 2 amide bonds. The largest absolute Gasteiger partial charge is 0.376 e. The van der Waals surface area contributed by atoms with Crippen molar-refractivity contribution < 1.29 is 18.7 Å². The van der Waals surface area contributed by atoms with Gasteiger partial charge in [0.25, 0.3) is 11.8 Å². The molecule has 1 unspecified atom stereocenters. The Morgan fingerprint density at radius 2 is 1.85 bits per heavy atom. The third-order valence-electron chi connectivity index (χ3n) is 4.25. The van der Waals surface area contributed by atoms with Crippen molar-refractivity contribution in [2.45, 2.75) is 18.9 Å². The fourth-order valence-electron chi connectivity index (χ4n) is 2.80. The van der Waals surface area contributed by atoms with Crippen molar-refractivity contribution in [3.8, 4) is 0 Å². The maximum absolute atomic E-state index is 14.0. The Morgan fingerprint density at radius 3 is 2.56 bits per heavy atom. The third kappa shape index (κ3) is 5.24. The minimum atomic E-state index is -0.488. The summed E-state index contributed by atoms with van der Waals surface area (Å²) in [5, 5.41) is 5.34. The molecule has 27 heavy (non-hydrogen) atoms. The minimum absolute atomic E-state index is 0.0213. The number of amides is 2. The standard InChI is InChI=1S/C21H21FN2O3/c22-18-11-5-4-9-16(18)13-19(21(26)23-14-17-10-6-12-27-17)24-20(25)15-7-2-1-3-8-15/h1-5,7-9,11,13,17H,6,10,12,14H2,(H,23,26)(H,24,25). The molecule has 1 heterocycles. The number of carbonyl (C=O) groups is 2. The Kier molecular flexibility index (Phi) is 6.33. The third-order valence-corrected chi connectivity index (χ3v) is 4.25. The quantitative estimate of drug-likeness (QED) is 0.771. The zero-order valence-corrected chi connectivity index (χ0v) is 14.8. The van der Waals surface area contributed by atoms with Gasteiger partial charge >= 0.3 is 0 Å².